The summed E-state index contributed by atoms with van der Waals surface area (Å²) < 4.78 is 16.8. The highest BCUT2D eigenvalue weighted by Gasteiger charge is 2.19. The molecule has 0 aromatic heterocycles. The zero-order chi connectivity index (χ0) is 42.6. The van der Waals surface area contributed by atoms with Gasteiger partial charge in [-0.2, -0.15) is 0 Å². The van der Waals surface area contributed by atoms with Crippen LogP contribution in [0.4, 0.5) is 0 Å². The van der Waals surface area contributed by atoms with Gasteiger partial charge in [0, 0.05) is 19.3 Å². The standard InChI is InChI=1S/C52H100O6/c1-6-7-8-9-10-11-16-23-29-34-39-44-52(55)58-49(46-57-51(54)43-38-33-28-24-19-21-26-31-36-41-48(4)5)45-56-50(53)42-37-32-27-22-18-15-13-12-14-17-20-25-30-35-40-47(2)3/h47-49H,6-46H2,1-5H3/t49-/m1/s1. The Kier molecular flexibility index (Phi) is 43.7. The molecule has 6 nitrogen and oxygen atoms in total. The van der Waals surface area contributed by atoms with Crippen LogP contribution in [0, 0.1) is 11.8 Å². The fraction of sp³-hybridized carbons (Fsp3) is 0.942. The lowest BCUT2D eigenvalue weighted by atomic mass is 10.0. The summed E-state index contributed by atoms with van der Waals surface area (Å²) in [7, 11) is 0. The highest BCUT2D eigenvalue weighted by molar-refractivity contribution is 5.71. The minimum Gasteiger partial charge on any atom is -0.462 e. The van der Waals surface area contributed by atoms with Crippen LogP contribution in [0.5, 0.6) is 0 Å². The molecule has 0 saturated heterocycles. The van der Waals surface area contributed by atoms with E-state index in [4.69, 9.17) is 14.2 Å². The van der Waals surface area contributed by atoms with Crippen molar-refractivity contribution in [3.63, 3.8) is 0 Å². The van der Waals surface area contributed by atoms with Gasteiger partial charge in [-0.05, 0) is 31.1 Å². The Labute approximate surface area is 361 Å². The van der Waals surface area contributed by atoms with Gasteiger partial charge in [0.05, 0.1) is 0 Å². The van der Waals surface area contributed by atoms with Crippen LogP contribution < -0.4 is 0 Å². The van der Waals surface area contributed by atoms with Gasteiger partial charge in [-0.1, -0.05) is 247 Å². The van der Waals surface area contributed by atoms with Gasteiger partial charge < -0.3 is 14.2 Å². The monoisotopic (exact) mass is 821 g/mol. The van der Waals surface area contributed by atoms with Crippen molar-refractivity contribution in [1.82, 2.24) is 0 Å². The van der Waals surface area contributed by atoms with E-state index in [2.05, 4.69) is 34.6 Å². The first-order valence-electron chi connectivity index (χ1n) is 25.7. The Morgan fingerprint density at radius 3 is 0.845 bits per heavy atom. The molecular weight excluding hydrogens is 721 g/mol. The van der Waals surface area contributed by atoms with Gasteiger partial charge in [-0.3, -0.25) is 14.4 Å². The van der Waals surface area contributed by atoms with Crippen LogP contribution in [0.1, 0.15) is 285 Å². The number of rotatable bonds is 46. The van der Waals surface area contributed by atoms with Gasteiger partial charge in [0.25, 0.3) is 0 Å². The average molecular weight is 821 g/mol. The third-order valence-electron chi connectivity index (χ3n) is 11.7. The Bertz CT molecular complexity index is 885. The van der Waals surface area contributed by atoms with E-state index in [0.717, 1.165) is 69.6 Å². The largest absolute Gasteiger partial charge is 0.462 e. The summed E-state index contributed by atoms with van der Waals surface area (Å²) in [6.07, 6.45) is 45.2. The molecule has 0 aliphatic rings. The van der Waals surface area contributed by atoms with Crippen LogP contribution in [0.3, 0.4) is 0 Å². The Morgan fingerprint density at radius 2 is 0.569 bits per heavy atom. The molecule has 0 rings (SSSR count). The predicted molar refractivity (Wildman–Crippen MR) is 247 cm³/mol. The number of hydrogen-bond acceptors (Lipinski definition) is 6. The van der Waals surface area contributed by atoms with Crippen molar-refractivity contribution in [1.29, 1.82) is 0 Å². The molecule has 0 unspecified atom stereocenters. The van der Waals surface area contributed by atoms with E-state index >= 15 is 0 Å². The normalized spacial score (nSPS) is 12.1. The van der Waals surface area contributed by atoms with E-state index in [9.17, 15) is 14.4 Å². The van der Waals surface area contributed by atoms with Crippen molar-refractivity contribution >= 4 is 17.9 Å². The van der Waals surface area contributed by atoms with E-state index in [-0.39, 0.29) is 31.1 Å². The van der Waals surface area contributed by atoms with Crippen LogP contribution in [0.2, 0.25) is 0 Å². The second-order valence-corrected chi connectivity index (χ2v) is 18.8. The number of carbonyl (C=O) groups excluding carboxylic acids is 3. The minimum absolute atomic E-state index is 0.0638. The van der Waals surface area contributed by atoms with Crippen molar-refractivity contribution in [3.8, 4) is 0 Å². The number of carbonyl (C=O) groups is 3. The first kappa shape index (κ1) is 56.4. The summed E-state index contributed by atoms with van der Waals surface area (Å²) in [5.74, 6) is 0.804. The topological polar surface area (TPSA) is 78.9 Å². The van der Waals surface area contributed by atoms with Crippen molar-refractivity contribution in [2.75, 3.05) is 13.2 Å². The highest BCUT2D eigenvalue weighted by Crippen LogP contribution is 2.17. The second-order valence-electron chi connectivity index (χ2n) is 18.8. The fourth-order valence-electron chi connectivity index (χ4n) is 7.81. The van der Waals surface area contributed by atoms with Gasteiger partial charge >= 0.3 is 17.9 Å². The zero-order valence-electron chi connectivity index (χ0n) is 39.7. The number of unbranched alkanes of at least 4 members (excludes halogenated alkanes) is 31. The molecule has 0 heterocycles. The van der Waals surface area contributed by atoms with Crippen LogP contribution >= 0.6 is 0 Å². The van der Waals surface area contributed by atoms with Crippen molar-refractivity contribution in [3.05, 3.63) is 0 Å². The lowest BCUT2D eigenvalue weighted by Gasteiger charge is -2.18. The third-order valence-corrected chi connectivity index (χ3v) is 11.7. The number of esters is 3. The van der Waals surface area contributed by atoms with Crippen LogP contribution in [0.15, 0.2) is 0 Å². The molecule has 6 heteroatoms. The lowest BCUT2D eigenvalue weighted by molar-refractivity contribution is -0.167. The summed E-state index contributed by atoms with van der Waals surface area (Å²) in [5.41, 5.74) is 0. The predicted octanol–water partition coefficient (Wildman–Crippen LogP) is 16.5. The maximum Gasteiger partial charge on any atom is 0.306 e. The van der Waals surface area contributed by atoms with Gasteiger partial charge in [0.1, 0.15) is 13.2 Å². The summed E-state index contributed by atoms with van der Waals surface area (Å²) in [6.45, 7) is 11.4. The summed E-state index contributed by atoms with van der Waals surface area (Å²) >= 11 is 0. The van der Waals surface area contributed by atoms with Crippen LogP contribution in [0.25, 0.3) is 0 Å². The van der Waals surface area contributed by atoms with Gasteiger partial charge in [-0.15, -0.1) is 0 Å². The van der Waals surface area contributed by atoms with Crippen molar-refractivity contribution in [2.45, 2.75) is 291 Å². The molecule has 0 aliphatic carbocycles. The molecule has 0 saturated carbocycles. The molecule has 0 aromatic carbocycles. The van der Waals surface area contributed by atoms with Crippen LogP contribution in [-0.2, 0) is 28.6 Å². The van der Waals surface area contributed by atoms with Crippen molar-refractivity contribution in [2.24, 2.45) is 11.8 Å². The molecule has 0 aromatic rings. The summed E-state index contributed by atoms with van der Waals surface area (Å²) in [4.78, 5) is 37.9. The first-order chi connectivity index (χ1) is 28.2. The highest BCUT2D eigenvalue weighted by atomic mass is 16.6. The van der Waals surface area contributed by atoms with E-state index in [1.165, 1.54) is 173 Å². The van der Waals surface area contributed by atoms with E-state index in [1.54, 1.807) is 0 Å². The molecule has 0 radical (unpaired) electrons. The van der Waals surface area contributed by atoms with Gasteiger partial charge in [0.2, 0.25) is 0 Å². The Balaban J connectivity index is 4.27. The summed E-state index contributed by atoms with van der Waals surface area (Å²) in [6, 6.07) is 0. The lowest BCUT2D eigenvalue weighted by Crippen LogP contribution is -2.30. The molecule has 0 bridgehead atoms. The molecule has 0 spiro atoms. The number of hydrogen-bond donors (Lipinski definition) is 0. The van der Waals surface area contributed by atoms with E-state index < -0.39 is 6.10 Å². The zero-order valence-corrected chi connectivity index (χ0v) is 39.7. The van der Waals surface area contributed by atoms with Gasteiger partial charge in [0.15, 0.2) is 6.10 Å². The third kappa shape index (κ3) is 45.5. The van der Waals surface area contributed by atoms with Crippen LogP contribution in [-0.4, -0.2) is 37.2 Å². The Morgan fingerprint density at radius 1 is 0.328 bits per heavy atom. The molecule has 0 N–H and O–H groups in total. The van der Waals surface area contributed by atoms with E-state index in [0.29, 0.717) is 19.3 Å². The summed E-state index contributed by atoms with van der Waals surface area (Å²) in [5, 5.41) is 0. The molecule has 344 valence electrons. The Hall–Kier alpha value is -1.59. The quantitative estimate of drug-likeness (QED) is 0.0346. The second kappa shape index (κ2) is 44.9. The molecular formula is C52H100O6. The molecule has 0 aliphatic heterocycles. The smallest absolute Gasteiger partial charge is 0.306 e. The van der Waals surface area contributed by atoms with E-state index in [1.807, 2.05) is 0 Å². The van der Waals surface area contributed by atoms with Gasteiger partial charge in [-0.25, -0.2) is 0 Å². The average Bonchev–Trinajstić information content (AvgIpc) is 3.19. The minimum atomic E-state index is -0.761. The maximum atomic E-state index is 12.7. The molecule has 58 heavy (non-hydrogen) atoms. The number of ether oxygens (including phenoxy) is 3. The SMILES string of the molecule is CCCCCCCCCCCCCC(=O)O[C@H](COC(=O)CCCCCCCCCCCCCCCCC(C)C)COC(=O)CCCCCCCCCCCC(C)C. The fourth-order valence-corrected chi connectivity index (χ4v) is 7.81. The molecule has 0 amide bonds. The van der Waals surface area contributed by atoms with Crippen molar-refractivity contribution < 1.29 is 28.6 Å². The molecule has 1 atom stereocenters. The molecule has 0 fully saturated rings. The maximum absolute atomic E-state index is 12.7. The first-order valence-corrected chi connectivity index (χ1v) is 25.7.